The van der Waals surface area contributed by atoms with Gasteiger partial charge in [0.25, 0.3) is 0 Å². The molecule has 5 nitrogen and oxygen atoms in total. The van der Waals surface area contributed by atoms with E-state index in [-0.39, 0.29) is 18.1 Å². The molecule has 3 saturated heterocycles. The number of hydrogen-bond donors (Lipinski definition) is 2. The van der Waals surface area contributed by atoms with Gasteiger partial charge in [0.2, 0.25) is 5.91 Å². The fraction of sp³-hybridized carbons (Fsp3) is 0.632. The molecule has 1 spiro atoms. The van der Waals surface area contributed by atoms with E-state index in [4.69, 9.17) is 4.74 Å². The molecule has 1 aromatic rings. The van der Waals surface area contributed by atoms with Gasteiger partial charge < -0.3 is 15.2 Å². The van der Waals surface area contributed by atoms with Gasteiger partial charge in [0.15, 0.2) is 6.29 Å². The second kappa shape index (κ2) is 5.04. The van der Waals surface area contributed by atoms with E-state index in [0.717, 1.165) is 31.6 Å². The standard InChI is InChI=1S/C19H24N2O3/c1-11-13-10-21-7-6-19(16(21)8-12(13)9-17(22)24-11)14-4-2-3-5-15(14)20-18(19)23/h2-5,11-13,16-17,22H,6-10H2,1H3,(H,20,23)/t11-,12+,13+,16-,17?,19-/m0/s1. The molecule has 128 valence electrons. The molecule has 0 saturated carbocycles. The Morgan fingerprint density at radius 3 is 3.04 bits per heavy atom. The van der Waals surface area contributed by atoms with Crippen LogP contribution in [0.25, 0.3) is 0 Å². The number of carbonyl (C=O) groups excluding carboxylic acids is 1. The van der Waals surface area contributed by atoms with Crippen LogP contribution < -0.4 is 5.32 Å². The van der Waals surface area contributed by atoms with Crippen molar-refractivity contribution in [2.24, 2.45) is 11.8 Å². The highest BCUT2D eigenvalue weighted by Crippen LogP contribution is 2.53. The molecule has 0 aromatic heterocycles. The number of nitrogens with one attached hydrogen (secondary N) is 1. The minimum Gasteiger partial charge on any atom is -0.368 e. The fourth-order valence-corrected chi connectivity index (χ4v) is 5.79. The molecule has 1 aromatic carbocycles. The maximum absolute atomic E-state index is 13.0. The monoisotopic (exact) mass is 328 g/mol. The number of amides is 1. The summed E-state index contributed by atoms with van der Waals surface area (Å²) in [5, 5.41) is 13.1. The summed E-state index contributed by atoms with van der Waals surface area (Å²) in [4.78, 5) is 15.5. The van der Waals surface area contributed by atoms with Gasteiger partial charge in [-0.15, -0.1) is 0 Å². The largest absolute Gasteiger partial charge is 0.368 e. The average molecular weight is 328 g/mol. The van der Waals surface area contributed by atoms with Crippen LogP contribution in [0.3, 0.4) is 0 Å². The Labute approximate surface area is 142 Å². The van der Waals surface area contributed by atoms with Crippen LogP contribution in [0.1, 0.15) is 31.7 Å². The summed E-state index contributed by atoms with van der Waals surface area (Å²) in [6.45, 7) is 4.01. The Balaban J connectivity index is 1.53. The molecule has 0 radical (unpaired) electrons. The van der Waals surface area contributed by atoms with E-state index in [2.05, 4.69) is 23.2 Å². The van der Waals surface area contributed by atoms with Crippen molar-refractivity contribution in [3.63, 3.8) is 0 Å². The summed E-state index contributed by atoms with van der Waals surface area (Å²) < 4.78 is 5.65. The van der Waals surface area contributed by atoms with Gasteiger partial charge in [0.1, 0.15) is 0 Å². The van der Waals surface area contributed by atoms with Gasteiger partial charge >= 0.3 is 0 Å². The molecule has 1 amide bonds. The van der Waals surface area contributed by atoms with Crippen LogP contribution in [0.15, 0.2) is 24.3 Å². The average Bonchev–Trinajstić information content (AvgIpc) is 3.06. The Bertz CT molecular complexity index is 693. The molecule has 4 heterocycles. The van der Waals surface area contributed by atoms with Gasteiger partial charge in [-0.05, 0) is 43.9 Å². The molecular weight excluding hydrogens is 304 g/mol. The summed E-state index contributed by atoms with van der Waals surface area (Å²) >= 11 is 0. The van der Waals surface area contributed by atoms with Crippen LogP contribution in [0.5, 0.6) is 0 Å². The third-order valence-electron chi connectivity index (χ3n) is 6.92. The van der Waals surface area contributed by atoms with Crippen molar-refractivity contribution >= 4 is 11.6 Å². The minimum atomic E-state index is -0.658. The Morgan fingerprint density at radius 1 is 1.33 bits per heavy atom. The van der Waals surface area contributed by atoms with E-state index in [1.165, 1.54) is 5.56 Å². The van der Waals surface area contributed by atoms with Crippen LogP contribution in [-0.4, -0.2) is 47.4 Å². The summed E-state index contributed by atoms with van der Waals surface area (Å²) in [5.41, 5.74) is 1.74. The zero-order valence-electron chi connectivity index (χ0n) is 13.9. The van der Waals surface area contributed by atoms with Crippen molar-refractivity contribution in [3.8, 4) is 0 Å². The van der Waals surface area contributed by atoms with Crippen molar-refractivity contribution in [2.45, 2.75) is 50.0 Å². The third kappa shape index (κ3) is 1.83. The number of fused-ring (bicyclic) bond motifs is 5. The number of para-hydroxylation sites is 1. The second-order valence-electron chi connectivity index (χ2n) is 7.92. The molecule has 2 N–H and O–H groups in total. The Morgan fingerprint density at radius 2 is 2.17 bits per heavy atom. The van der Waals surface area contributed by atoms with Crippen molar-refractivity contribution in [2.75, 3.05) is 18.4 Å². The lowest BCUT2D eigenvalue weighted by Gasteiger charge is -2.49. The molecule has 6 atom stereocenters. The minimum absolute atomic E-state index is 0.0842. The summed E-state index contributed by atoms with van der Waals surface area (Å²) in [6.07, 6.45) is 1.98. The van der Waals surface area contributed by atoms with E-state index in [1.807, 2.05) is 18.2 Å². The number of rotatable bonds is 0. The van der Waals surface area contributed by atoms with Crippen LogP contribution >= 0.6 is 0 Å². The second-order valence-corrected chi connectivity index (χ2v) is 7.92. The fourth-order valence-electron chi connectivity index (χ4n) is 5.79. The van der Waals surface area contributed by atoms with Crippen molar-refractivity contribution < 1.29 is 14.6 Å². The van der Waals surface area contributed by atoms with Gasteiger partial charge in [-0.25, -0.2) is 0 Å². The van der Waals surface area contributed by atoms with Gasteiger partial charge in [-0.3, -0.25) is 9.69 Å². The highest BCUT2D eigenvalue weighted by Gasteiger charge is 2.60. The maximum Gasteiger partial charge on any atom is 0.236 e. The number of benzene rings is 1. The van der Waals surface area contributed by atoms with Gasteiger partial charge in [-0.2, -0.15) is 0 Å². The summed E-state index contributed by atoms with van der Waals surface area (Å²) in [6, 6.07) is 8.38. The summed E-state index contributed by atoms with van der Waals surface area (Å²) in [5.74, 6) is 1.05. The number of hydrogen-bond acceptors (Lipinski definition) is 4. The van der Waals surface area contributed by atoms with E-state index < -0.39 is 11.7 Å². The SMILES string of the molecule is C[C@@H]1OC(O)C[C@H]2C[C@@H]3N(CC[C@@]34C(=O)Nc3ccccc34)C[C@@H]21. The quantitative estimate of drug-likeness (QED) is 0.761. The first-order valence-electron chi connectivity index (χ1n) is 9.08. The van der Waals surface area contributed by atoms with Crippen LogP contribution in [0.4, 0.5) is 5.69 Å². The first kappa shape index (κ1) is 14.9. The zero-order valence-corrected chi connectivity index (χ0v) is 13.9. The Kier molecular flexibility index (Phi) is 3.12. The molecule has 24 heavy (non-hydrogen) atoms. The zero-order chi connectivity index (χ0) is 16.5. The summed E-state index contributed by atoms with van der Waals surface area (Å²) in [7, 11) is 0. The van der Waals surface area contributed by atoms with Crippen LogP contribution in [0.2, 0.25) is 0 Å². The van der Waals surface area contributed by atoms with Gasteiger partial charge in [0.05, 0.1) is 11.5 Å². The molecule has 0 bridgehead atoms. The Hall–Kier alpha value is -1.43. The first-order valence-corrected chi connectivity index (χ1v) is 9.08. The van der Waals surface area contributed by atoms with E-state index >= 15 is 0 Å². The molecule has 4 aliphatic rings. The molecule has 5 rings (SSSR count). The number of ether oxygens (including phenoxy) is 1. The molecule has 1 unspecified atom stereocenters. The highest BCUT2D eigenvalue weighted by molar-refractivity contribution is 6.07. The number of aliphatic hydroxyl groups is 1. The van der Waals surface area contributed by atoms with Crippen molar-refractivity contribution in [3.05, 3.63) is 29.8 Å². The van der Waals surface area contributed by atoms with Crippen LogP contribution in [-0.2, 0) is 14.9 Å². The number of aliphatic hydroxyl groups excluding tert-OH is 1. The van der Waals surface area contributed by atoms with E-state index in [9.17, 15) is 9.90 Å². The maximum atomic E-state index is 13.0. The number of carbonyl (C=O) groups is 1. The third-order valence-corrected chi connectivity index (χ3v) is 6.92. The number of piperidine rings is 1. The molecule has 5 heteroatoms. The van der Waals surface area contributed by atoms with E-state index in [0.29, 0.717) is 18.3 Å². The predicted octanol–water partition coefficient (Wildman–Crippen LogP) is 1.71. The van der Waals surface area contributed by atoms with Crippen LogP contribution in [0, 0.1) is 11.8 Å². The normalized spacial score (nSPS) is 44.1. The molecular formula is C19H24N2O3. The van der Waals surface area contributed by atoms with Crippen molar-refractivity contribution in [1.29, 1.82) is 0 Å². The lowest BCUT2D eigenvalue weighted by Crippen LogP contribution is -2.57. The molecule has 0 aliphatic carbocycles. The topological polar surface area (TPSA) is 61.8 Å². The van der Waals surface area contributed by atoms with Gasteiger partial charge in [0, 0.05) is 30.6 Å². The molecule has 4 aliphatic heterocycles. The number of nitrogens with zero attached hydrogens (tertiary/aromatic N) is 1. The predicted molar refractivity (Wildman–Crippen MR) is 89.5 cm³/mol. The van der Waals surface area contributed by atoms with E-state index in [1.54, 1.807) is 0 Å². The highest BCUT2D eigenvalue weighted by atomic mass is 16.6. The molecule has 3 fully saturated rings. The first-order chi connectivity index (χ1) is 11.6. The van der Waals surface area contributed by atoms with Crippen molar-refractivity contribution in [1.82, 2.24) is 4.90 Å². The smallest absolute Gasteiger partial charge is 0.236 e. The number of anilines is 1. The lowest BCUT2D eigenvalue weighted by molar-refractivity contribution is -0.208. The lowest BCUT2D eigenvalue weighted by atomic mass is 9.67. The van der Waals surface area contributed by atoms with Gasteiger partial charge in [-0.1, -0.05) is 18.2 Å².